The second kappa shape index (κ2) is 4.54. The van der Waals surface area contributed by atoms with Crippen LogP contribution in [0.1, 0.15) is 6.92 Å². The van der Waals surface area contributed by atoms with Crippen LogP contribution in [0.2, 0.25) is 0 Å². The predicted molar refractivity (Wildman–Crippen MR) is 64.7 cm³/mol. The number of carbonyl (C=O) groups is 1. The van der Waals surface area contributed by atoms with Crippen molar-refractivity contribution >= 4 is 33.9 Å². The molecule has 1 heterocycles. The van der Waals surface area contributed by atoms with Crippen LogP contribution in [-0.4, -0.2) is 31.1 Å². The fourth-order valence-corrected chi connectivity index (χ4v) is 2.26. The molecule has 0 spiro atoms. The number of nitrogens with zero attached hydrogens (tertiary/aromatic N) is 1. The molecule has 1 amide bonds. The van der Waals surface area contributed by atoms with Crippen LogP contribution in [-0.2, 0) is 10.8 Å². The van der Waals surface area contributed by atoms with E-state index in [0.717, 1.165) is 0 Å². The molecule has 2 aromatic rings. The number of nitrogens with one attached hydrogen (secondary N) is 2. The summed E-state index contributed by atoms with van der Waals surface area (Å²) in [6.45, 7) is 1.84. The fourth-order valence-electron chi connectivity index (χ4n) is 1.46. The number of anilines is 1. The summed E-state index contributed by atoms with van der Waals surface area (Å²) in [7, 11) is -1.03. The van der Waals surface area contributed by atoms with Gasteiger partial charge in [0.15, 0.2) is 0 Å². The van der Waals surface area contributed by atoms with E-state index in [1.54, 1.807) is 18.2 Å². The molecule has 0 aliphatic heterocycles. The molecule has 1 atom stereocenters. The highest BCUT2D eigenvalue weighted by Gasteiger charge is 2.07. The van der Waals surface area contributed by atoms with E-state index in [9.17, 15) is 9.00 Å². The Labute approximate surface area is 99.5 Å². The topological polar surface area (TPSA) is 95.1 Å². The van der Waals surface area contributed by atoms with Crippen molar-refractivity contribution in [2.24, 2.45) is 0 Å². The second-order valence-corrected chi connectivity index (χ2v) is 5.07. The lowest BCUT2D eigenvalue weighted by molar-refractivity contribution is 0.209. The Bertz CT molecular complexity index is 593. The van der Waals surface area contributed by atoms with Crippen molar-refractivity contribution < 1.29 is 14.1 Å². The van der Waals surface area contributed by atoms with E-state index >= 15 is 0 Å². The molecular weight excluding hydrogens is 242 g/mol. The number of H-pyrrole nitrogens is 1. The van der Waals surface area contributed by atoms with Gasteiger partial charge in [-0.1, -0.05) is 6.92 Å². The van der Waals surface area contributed by atoms with E-state index < -0.39 is 16.9 Å². The fraction of sp³-hybridized carbons (Fsp3) is 0.200. The van der Waals surface area contributed by atoms with Gasteiger partial charge in [0.1, 0.15) is 0 Å². The van der Waals surface area contributed by atoms with Gasteiger partial charge < -0.3 is 10.1 Å². The molecule has 90 valence electrons. The molecule has 1 aromatic heterocycles. The van der Waals surface area contributed by atoms with E-state index in [1.165, 1.54) is 0 Å². The molecule has 0 saturated carbocycles. The summed E-state index contributed by atoms with van der Waals surface area (Å²) in [6, 6.07) is 5.16. The summed E-state index contributed by atoms with van der Waals surface area (Å²) < 4.78 is 11.6. The molecule has 0 fully saturated rings. The van der Waals surface area contributed by atoms with E-state index in [0.29, 0.717) is 21.7 Å². The highest BCUT2D eigenvalue weighted by molar-refractivity contribution is 7.85. The molecule has 1 unspecified atom stereocenters. The van der Waals surface area contributed by atoms with Gasteiger partial charge in [-0.25, -0.2) is 9.78 Å². The largest absolute Gasteiger partial charge is 0.465 e. The molecular formula is C10H11N3O3S. The van der Waals surface area contributed by atoms with Gasteiger partial charge in [0, 0.05) is 10.6 Å². The van der Waals surface area contributed by atoms with Crippen molar-refractivity contribution in [2.45, 2.75) is 11.8 Å². The minimum Gasteiger partial charge on any atom is -0.465 e. The predicted octanol–water partition coefficient (Wildman–Crippen LogP) is 1.78. The van der Waals surface area contributed by atoms with Crippen molar-refractivity contribution in [3.05, 3.63) is 18.2 Å². The number of aromatic nitrogens is 2. The third-order valence-corrected chi connectivity index (χ3v) is 3.51. The first-order chi connectivity index (χ1) is 8.10. The molecule has 0 bridgehead atoms. The van der Waals surface area contributed by atoms with Crippen LogP contribution in [0.3, 0.4) is 0 Å². The summed E-state index contributed by atoms with van der Waals surface area (Å²) >= 11 is 0. The zero-order valence-corrected chi connectivity index (χ0v) is 9.87. The van der Waals surface area contributed by atoms with Crippen LogP contribution in [0.5, 0.6) is 0 Å². The Morgan fingerprint density at radius 3 is 3.00 bits per heavy atom. The average Bonchev–Trinajstić information content (AvgIpc) is 2.67. The molecule has 3 N–H and O–H groups in total. The maximum absolute atomic E-state index is 11.6. The monoisotopic (exact) mass is 253 g/mol. The minimum atomic E-state index is -1.18. The zero-order valence-electron chi connectivity index (χ0n) is 9.06. The molecule has 0 radical (unpaired) electrons. The average molecular weight is 253 g/mol. The molecule has 2 rings (SSSR count). The van der Waals surface area contributed by atoms with Gasteiger partial charge in [-0.05, 0) is 18.2 Å². The maximum atomic E-state index is 11.6. The van der Waals surface area contributed by atoms with E-state index in [2.05, 4.69) is 15.3 Å². The summed E-state index contributed by atoms with van der Waals surface area (Å²) in [5, 5.41) is 10.7. The molecule has 0 aliphatic rings. The number of carboxylic acid groups (broad SMARTS) is 1. The van der Waals surface area contributed by atoms with Gasteiger partial charge >= 0.3 is 6.09 Å². The summed E-state index contributed by atoms with van der Waals surface area (Å²) in [5.74, 6) is 0.701. The lowest BCUT2D eigenvalue weighted by Crippen LogP contribution is -2.08. The number of fused-ring (bicyclic) bond motifs is 1. The highest BCUT2D eigenvalue weighted by Crippen LogP contribution is 2.18. The number of amides is 1. The van der Waals surface area contributed by atoms with E-state index in [1.807, 2.05) is 6.92 Å². The molecule has 1 aromatic carbocycles. The van der Waals surface area contributed by atoms with Gasteiger partial charge in [0.05, 0.1) is 21.8 Å². The first-order valence-electron chi connectivity index (χ1n) is 4.98. The summed E-state index contributed by atoms with van der Waals surface area (Å²) in [4.78, 5) is 18.0. The Hall–Kier alpha value is -1.89. The van der Waals surface area contributed by atoms with Crippen molar-refractivity contribution in [2.75, 3.05) is 11.1 Å². The minimum absolute atomic E-state index is 0.159. The molecule has 0 aliphatic carbocycles. The van der Waals surface area contributed by atoms with E-state index in [4.69, 9.17) is 5.11 Å². The Morgan fingerprint density at radius 1 is 1.59 bits per heavy atom. The normalized spacial score (nSPS) is 12.5. The van der Waals surface area contributed by atoms with Crippen LogP contribution < -0.4 is 5.32 Å². The van der Waals surface area contributed by atoms with E-state index in [-0.39, 0.29) is 5.95 Å². The molecule has 0 saturated heterocycles. The Balaban J connectivity index is 2.40. The van der Waals surface area contributed by atoms with Crippen LogP contribution in [0, 0.1) is 0 Å². The number of benzene rings is 1. The van der Waals surface area contributed by atoms with Crippen molar-refractivity contribution in [1.82, 2.24) is 9.97 Å². The van der Waals surface area contributed by atoms with Gasteiger partial charge in [-0.3, -0.25) is 9.53 Å². The number of aromatic amines is 1. The number of imidazole rings is 1. The van der Waals surface area contributed by atoms with Crippen LogP contribution in [0.15, 0.2) is 23.1 Å². The molecule has 17 heavy (non-hydrogen) atoms. The summed E-state index contributed by atoms with van der Waals surface area (Å²) in [5.41, 5.74) is 1.29. The standard InChI is InChI=1S/C10H11N3O3S/c1-2-17(16)6-3-4-7-8(5-6)12-9(11-7)13-10(14)15/h3-5H,2H2,1H3,(H,14,15)(H2,11,12,13). The third kappa shape index (κ3) is 2.44. The van der Waals surface area contributed by atoms with Crippen LogP contribution in [0.25, 0.3) is 11.0 Å². The van der Waals surface area contributed by atoms with Gasteiger partial charge in [0.25, 0.3) is 0 Å². The van der Waals surface area contributed by atoms with Crippen LogP contribution in [0.4, 0.5) is 10.7 Å². The smallest absolute Gasteiger partial charge is 0.411 e. The molecule has 7 heteroatoms. The Morgan fingerprint density at radius 2 is 2.35 bits per heavy atom. The molecule has 6 nitrogen and oxygen atoms in total. The maximum Gasteiger partial charge on any atom is 0.411 e. The van der Waals surface area contributed by atoms with Crippen LogP contribution >= 0.6 is 0 Å². The van der Waals surface area contributed by atoms with Crippen molar-refractivity contribution in [3.63, 3.8) is 0 Å². The quantitative estimate of drug-likeness (QED) is 0.777. The van der Waals surface area contributed by atoms with Gasteiger partial charge in [-0.2, -0.15) is 0 Å². The number of rotatable bonds is 3. The first-order valence-corrected chi connectivity index (χ1v) is 6.30. The lowest BCUT2D eigenvalue weighted by Gasteiger charge is -1.97. The zero-order chi connectivity index (χ0) is 12.4. The number of hydrogen-bond donors (Lipinski definition) is 3. The highest BCUT2D eigenvalue weighted by atomic mass is 32.2. The van der Waals surface area contributed by atoms with Gasteiger partial charge in [-0.15, -0.1) is 0 Å². The second-order valence-electron chi connectivity index (χ2n) is 3.33. The first kappa shape index (κ1) is 11.6. The Kier molecular flexibility index (Phi) is 3.10. The van der Waals surface area contributed by atoms with Gasteiger partial charge in [0.2, 0.25) is 5.95 Å². The number of hydrogen-bond acceptors (Lipinski definition) is 3. The summed E-state index contributed by atoms with van der Waals surface area (Å²) in [6.07, 6.45) is -1.18. The SMILES string of the molecule is CCS(=O)c1ccc2nc(NC(=O)O)[nH]c2c1. The lowest BCUT2D eigenvalue weighted by atomic mass is 10.3. The van der Waals surface area contributed by atoms with Crippen molar-refractivity contribution in [1.29, 1.82) is 0 Å². The third-order valence-electron chi connectivity index (χ3n) is 2.20. The van der Waals surface area contributed by atoms with Crippen molar-refractivity contribution in [3.8, 4) is 0 Å².